The molecule has 0 aliphatic carbocycles. The van der Waals surface area contributed by atoms with Crippen molar-refractivity contribution in [2.24, 2.45) is 0 Å². The van der Waals surface area contributed by atoms with E-state index in [2.05, 4.69) is 15.6 Å². The van der Waals surface area contributed by atoms with E-state index in [1.165, 1.54) is 0 Å². The van der Waals surface area contributed by atoms with Crippen LogP contribution in [0.4, 0.5) is 0 Å². The van der Waals surface area contributed by atoms with E-state index in [4.69, 9.17) is 21.1 Å². The normalized spacial score (nSPS) is 11.8. The molecule has 0 aliphatic rings. The maximum absolute atomic E-state index is 12.8. The van der Waals surface area contributed by atoms with Gasteiger partial charge in [0.25, 0.3) is 5.91 Å². The molecule has 0 radical (unpaired) electrons. The predicted molar refractivity (Wildman–Crippen MR) is 111 cm³/mol. The van der Waals surface area contributed by atoms with Crippen LogP contribution in [0.25, 0.3) is 5.69 Å². The Balaban J connectivity index is 1.81. The number of aryl methyl sites for hydroxylation is 1. The Morgan fingerprint density at radius 1 is 1.10 bits per heavy atom. The monoisotopic (exact) mass is 414 g/mol. The maximum atomic E-state index is 12.8. The molecular weight excluding hydrogens is 392 g/mol. The summed E-state index contributed by atoms with van der Waals surface area (Å²) in [6.07, 6.45) is 0. The van der Waals surface area contributed by atoms with Crippen LogP contribution in [0.2, 0.25) is 5.02 Å². The van der Waals surface area contributed by atoms with Crippen molar-refractivity contribution in [2.75, 3.05) is 14.2 Å². The highest BCUT2D eigenvalue weighted by atomic mass is 35.5. The van der Waals surface area contributed by atoms with Crippen molar-refractivity contribution in [1.82, 2.24) is 20.3 Å². The molecule has 3 rings (SSSR count). The molecule has 0 saturated heterocycles. The number of carbonyl (C=O) groups excluding carboxylic acids is 1. The summed E-state index contributed by atoms with van der Waals surface area (Å²) >= 11 is 6.21. The van der Waals surface area contributed by atoms with Gasteiger partial charge in [0, 0.05) is 5.02 Å². The lowest BCUT2D eigenvalue weighted by molar-refractivity contribution is 0.0934. The van der Waals surface area contributed by atoms with Crippen LogP contribution in [0.3, 0.4) is 0 Å². The lowest BCUT2D eigenvalue weighted by Gasteiger charge is -2.16. The van der Waals surface area contributed by atoms with Crippen molar-refractivity contribution in [1.29, 1.82) is 0 Å². The molecule has 0 bridgehead atoms. The van der Waals surface area contributed by atoms with Crippen LogP contribution in [0.5, 0.6) is 11.5 Å². The fourth-order valence-corrected chi connectivity index (χ4v) is 3.14. The Morgan fingerprint density at radius 3 is 2.48 bits per heavy atom. The molecule has 0 spiro atoms. The third kappa shape index (κ3) is 4.19. The summed E-state index contributed by atoms with van der Waals surface area (Å²) in [6.45, 7) is 5.61. The summed E-state index contributed by atoms with van der Waals surface area (Å²) in [5.41, 5.74) is 3.48. The fourth-order valence-electron chi connectivity index (χ4n) is 2.97. The van der Waals surface area contributed by atoms with E-state index >= 15 is 0 Å². The fraction of sp³-hybridized carbons (Fsp3) is 0.286. The summed E-state index contributed by atoms with van der Waals surface area (Å²) in [7, 11) is 3.15. The number of aromatic nitrogens is 3. The second kappa shape index (κ2) is 8.53. The summed E-state index contributed by atoms with van der Waals surface area (Å²) < 4.78 is 12.2. The molecule has 1 heterocycles. The zero-order valence-corrected chi connectivity index (χ0v) is 17.7. The number of hydrogen-bond donors (Lipinski definition) is 1. The predicted octanol–water partition coefficient (Wildman–Crippen LogP) is 4.05. The number of nitrogens with one attached hydrogen (secondary N) is 1. The van der Waals surface area contributed by atoms with E-state index in [-0.39, 0.29) is 17.6 Å². The SMILES string of the molecule is COc1ccc([C@@H](C)NC(=O)c2nnn(-c3ccc(C)c(Cl)c3)c2C)cc1OC. The summed E-state index contributed by atoms with van der Waals surface area (Å²) in [6, 6.07) is 10.8. The summed E-state index contributed by atoms with van der Waals surface area (Å²) in [5.74, 6) is 0.920. The summed E-state index contributed by atoms with van der Waals surface area (Å²) in [4.78, 5) is 12.8. The highest BCUT2D eigenvalue weighted by Gasteiger charge is 2.20. The minimum absolute atomic E-state index is 0.258. The molecule has 7 nitrogen and oxygen atoms in total. The first kappa shape index (κ1) is 20.7. The van der Waals surface area contributed by atoms with Gasteiger partial charge in [0.2, 0.25) is 0 Å². The van der Waals surface area contributed by atoms with E-state index in [1.54, 1.807) is 38.0 Å². The molecule has 3 aromatic rings. The maximum Gasteiger partial charge on any atom is 0.274 e. The van der Waals surface area contributed by atoms with Gasteiger partial charge in [-0.2, -0.15) is 0 Å². The van der Waals surface area contributed by atoms with Crippen LogP contribution in [0, 0.1) is 13.8 Å². The molecular formula is C21H23ClN4O3. The number of amides is 1. The third-order valence-corrected chi connectivity index (χ3v) is 5.17. The van der Waals surface area contributed by atoms with E-state index in [9.17, 15) is 4.79 Å². The Kier molecular flexibility index (Phi) is 6.08. The first-order valence-corrected chi connectivity index (χ1v) is 9.45. The van der Waals surface area contributed by atoms with Crippen molar-refractivity contribution in [3.63, 3.8) is 0 Å². The molecule has 152 valence electrons. The molecule has 0 fully saturated rings. The van der Waals surface area contributed by atoms with Gasteiger partial charge in [-0.05, 0) is 56.2 Å². The van der Waals surface area contributed by atoms with Gasteiger partial charge < -0.3 is 14.8 Å². The van der Waals surface area contributed by atoms with Crippen molar-refractivity contribution >= 4 is 17.5 Å². The highest BCUT2D eigenvalue weighted by Crippen LogP contribution is 2.30. The number of nitrogens with zero attached hydrogens (tertiary/aromatic N) is 3. The number of ether oxygens (including phenoxy) is 2. The van der Waals surface area contributed by atoms with Crippen molar-refractivity contribution in [2.45, 2.75) is 26.8 Å². The molecule has 8 heteroatoms. The van der Waals surface area contributed by atoms with Gasteiger partial charge in [-0.25, -0.2) is 4.68 Å². The molecule has 0 saturated carbocycles. The van der Waals surface area contributed by atoms with Crippen molar-refractivity contribution < 1.29 is 14.3 Å². The van der Waals surface area contributed by atoms with Gasteiger partial charge in [0.1, 0.15) is 0 Å². The minimum atomic E-state index is -0.311. The number of carbonyl (C=O) groups is 1. The molecule has 2 aromatic carbocycles. The second-order valence-electron chi connectivity index (χ2n) is 6.68. The van der Waals surface area contributed by atoms with Gasteiger partial charge in [-0.15, -0.1) is 5.10 Å². The van der Waals surface area contributed by atoms with Crippen LogP contribution >= 0.6 is 11.6 Å². The standard InChI is InChI=1S/C21H23ClN4O3/c1-12-6-8-16(11-17(12)22)26-14(3)20(24-25-26)21(27)23-13(2)15-7-9-18(28-4)19(10-15)29-5/h6-11,13H,1-5H3,(H,23,27)/t13-/m1/s1. The van der Waals surface area contributed by atoms with Crippen LogP contribution in [0.1, 0.15) is 40.3 Å². The highest BCUT2D eigenvalue weighted by molar-refractivity contribution is 6.31. The quantitative estimate of drug-likeness (QED) is 0.658. The van der Waals surface area contributed by atoms with Crippen LogP contribution < -0.4 is 14.8 Å². The van der Waals surface area contributed by atoms with Crippen LogP contribution in [0.15, 0.2) is 36.4 Å². The molecule has 0 unspecified atom stereocenters. The Morgan fingerprint density at radius 2 is 1.83 bits per heavy atom. The van der Waals surface area contributed by atoms with E-state index in [0.29, 0.717) is 22.2 Å². The minimum Gasteiger partial charge on any atom is -0.493 e. The average Bonchev–Trinajstić information content (AvgIpc) is 3.10. The van der Waals surface area contributed by atoms with Gasteiger partial charge in [0.05, 0.1) is 31.6 Å². The van der Waals surface area contributed by atoms with Crippen LogP contribution in [-0.2, 0) is 0 Å². The van der Waals surface area contributed by atoms with Crippen molar-refractivity contribution in [3.8, 4) is 17.2 Å². The second-order valence-corrected chi connectivity index (χ2v) is 7.09. The third-order valence-electron chi connectivity index (χ3n) is 4.76. The zero-order chi connectivity index (χ0) is 21.1. The lowest BCUT2D eigenvalue weighted by atomic mass is 10.1. The number of benzene rings is 2. The number of halogens is 1. The van der Waals surface area contributed by atoms with Gasteiger partial charge in [-0.1, -0.05) is 28.9 Å². The number of rotatable bonds is 6. The first-order chi connectivity index (χ1) is 13.8. The van der Waals surface area contributed by atoms with Crippen LogP contribution in [-0.4, -0.2) is 35.1 Å². The van der Waals surface area contributed by atoms with E-state index in [1.807, 2.05) is 38.1 Å². The Hall–Kier alpha value is -3.06. The van der Waals surface area contributed by atoms with E-state index in [0.717, 1.165) is 16.8 Å². The zero-order valence-electron chi connectivity index (χ0n) is 17.0. The Labute approximate surface area is 174 Å². The van der Waals surface area contributed by atoms with Crippen molar-refractivity contribution in [3.05, 3.63) is 63.9 Å². The first-order valence-electron chi connectivity index (χ1n) is 9.07. The Bertz CT molecular complexity index is 1050. The van der Waals surface area contributed by atoms with Gasteiger partial charge in [-0.3, -0.25) is 4.79 Å². The molecule has 1 aromatic heterocycles. The lowest BCUT2D eigenvalue weighted by Crippen LogP contribution is -2.27. The molecule has 1 amide bonds. The number of methoxy groups -OCH3 is 2. The van der Waals surface area contributed by atoms with Gasteiger partial charge >= 0.3 is 0 Å². The topological polar surface area (TPSA) is 78.3 Å². The number of hydrogen-bond acceptors (Lipinski definition) is 5. The molecule has 29 heavy (non-hydrogen) atoms. The molecule has 1 atom stereocenters. The van der Waals surface area contributed by atoms with Gasteiger partial charge in [0.15, 0.2) is 17.2 Å². The molecule has 0 aliphatic heterocycles. The van der Waals surface area contributed by atoms with E-state index < -0.39 is 0 Å². The summed E-state index contributed by atoms with van der Waals surface area (Å²) in [5, 5.41) is 11.8. The molecule has 1 N–H and O–H groups in total. The largest absolute Gasteiger partial charge is 0.493 e. The average molecular weight is 415 g/mol. The smallest absolute Gasteiger partial charge is 0.274 e.